The summed E-state index contributed by atoms with van der Waals surface area (Å²) in [4.78, 5) is 37.9. The maximum absolute atomic E-state index is 13.0. The van der Waals surface area contributed by atoms with Crippen LogP contribution in [0.25, 0.3) is 0 Å². The molecule has 0 saturated carbocycles. The average molecular weight is 389 g/mol. The molecule has 11 heteroatoms. The van der Waals surface area contributed by atoms with Crippen LogP contribution >= 0.6 is 11.8 Å². The van der Waals surface area contributed by atoms with E-state index in [0.717, 1.165) is 11.1 Å². The average Bonchev–Trinajstić information content (AvgIpc) is 3.05. The number of hydrogen-bond donors (Lipinski definition) is 1. The van der Waals surface area contributed by atoms with Gasteiger partial charge in [-0.3, -0.25) is 14.5 Å². The molecular formula is C16H19N7O3S. The van der Waals surface area contributed by atoms with E-state index in [-0.39, 0.29) is 12.1 Å². The lowest BCUT2D eigenvalue weighted by Gasteiger charge is -2.41. The summed E-state index contributed by atoms with van der Waals surface area (Å²) in [6.07, 6.45) is 4.76. The van der Waals surface area contributed by atoms with Crippen molar-refractivity contribution in [3.8, 4) is 0 Å². The topological polar surface area (TPSA) is 108 Å². The third kappa shape index (κ3) is 2.69. The van der Waals surface area contributed by atoms with Crippen molar-refractivity contribution in [2.24, 2.45) is 7.05 Å². The quantitative estimate of drug-likeness (QED) is 0.618. The molecule has 0 radical (unpaired) electrons. The first-order valence-corrected chi connectivity index (χ1v) is 9.61. The third-order valence-corrected chi connectivity index (χ3v) is 5.54. The minimum atomic E-state index is -1.02. The SMILES string of the molecule is CSc1ncc2c(n1)N(C)C(=O)N(C1CCN(C(=O)O)c3c1cnn3C)C2. The summed E-state index contributed by atoms with van der Waals surface area (Å²) in [5.74, 6) is 1.12. The smallest absolute Gasteiger partial charge is 0.413 e. The van der Waals surface area contributed by atoms with Crippen LogP contribution in [-0.2, 0) is 13.6 Å². The van der Waals surface area contributed by atoms with Gasteiger partial charge in [0.1, 0.15) is 11.6 Å². The van der Waals surface area contributed by atoms with Crippen LogP contribution in [0.4, 0.5) is 21.2 Å². The van der Waals surface area contributed by atoms with Crippen molar-refractivity contribution < 1.29 is 14.7 Å². The molecule has 0 saturated heterocycles. The zero-order valence-electron chi connectivity index (χ0n) is 15.2. The van der Waals surface area contributed by atoms with E-state index in [0.29, 0.717) is 36.3 Å². The van der Waals surface area contributed by atoms with Gasteiger partial charge in [0.15, 0.2) is 5.16 Å². The molecule has 0 fully saturated rings. The van der Waals surface area contributed by atoms with Crippen molar-refractivity contribution in [3.05, 3.63) is 23.5 Å². The predicted molar refractivity (Wildman–Crippen MR) is 99.1 cm³/mol. The highest BCUT2D eigenvalue weighted by Gasteiger charge is 2.40. The van der Waals surface area contributed by atoms with Gasteiger partial charge in [-0.15, -0.1) is 0 Å². The van der Waals surface area contributed by atoms with Crippen LogP contribution < -0.4 is 9.80 Å². The van der Waals surface area contributed by atoms with Gasteiger partial charge >= 0.3 is 12.1 Å². The fourth-order valence-electron chi connectivity index (χ4n) is 3.70. The van der Waals surface area contributed by atoms with Gasteiger partial charge in [-0.05, 0) is 12.7 Å². The number of hydrogen-bond acceptors (Lipinski definition) is 6. The lowest BCUT2D eigenvalue weighted by Crippen LogP contribution is -2.49. The maximum atomic E-state index is 13.0. The molecule has 2 aromatic heterocycles. The maximum Gasteiger partial charge on any atom is 0.413 e. The number of urea groups is 1. The Labute approximate surface area is 159 Å². The number of anilines is 2. The zero-order valence-corrected chi connectivity index (χ0v) is 16.0. The molecule has 10 nitrogen and oxygen atoms in total. The van der Waals surface area contributed by atoms with Crippen LogP contribution in [0.1, 0.15) is 23.6 Å². The Morgan fingerprint density at radius 3 is 2.81 bits per heavy atom. The summed E-state index contributed by atoms with van der Waals surface area (Å²) in [5, 5.41) is 14.3. The van der Waals surface area contributed by atoms with Gasteiger partial charge in [0.25, 0.3) is 0 Å². The van der Waals surface area contributed by atoms with Crippen LogP contribution in [0, 0.1) is 0 Å². The highest BCUT2D eigenvalue weighted by atomic mass is 32.2. The Balaban J connectivity index is 1.72. The van der Waals surface area contributed by atoms with E-state index >= 15 is 0 Å². The number of aromatic nitrogens is 4. The Morgan fingerprint density at radius 1 is 1.33 bits per heavy atom. The van der Waals surface area contributed by atoms with E-state index in [1.165, 1.54) is 26.2 Å². The van der Waals surface area contributed by atoms with Crippen LogP contribution in [0.5, 0.6) is 0 Å². The van der Waals surface area contributed by atoms with Crippen LogP contribution in [-0.4, -0.2) is 61.7 Å². The van der Waals surface area contributed by atoms with E-state index in [4.69, 9.17) is 0 Å². The Morgan fingerprint density at radius 2 is 2.11 bits per heavy atom. The molecule has 142 valence electrons. The number of rotatable bonds is 2. The molecule has 27 heavy (non-hydrogen) atoms. The van der Waals surface area contributed by atoms with Crippen molar-refractivity contribution in [2.75, 3.05) is 29.6 Å². The Bertz CT molecular complexity index is 931. The van der Waals surface area contributed by atoms with Gasteiger partial charge in [-0.25, -0.2) is 19.6 Å². The van der Waals surface area contributed by atoms with Gasteiger partial charge in [0.05, 0.1) is 18.8 Å². The molecule has 1 atom stereocenters. The predicted octanol–water partition coefficient (Wildman–Crippen LogP) is 1.93. The number of thioether (sulfide) groups is 1. The first-order valence-electron chi connectivity index (χ1n) is 8.39. The highest BCUT2D eigenvalue weighted by Crippen LogP contribution is 2.40. The number of carboxylic acid groups (broad SMARTS) is 1. The van der Waals surface area contributed by atoms with E-state index in [1.54, 1.807) is 31.4 Å². The minimum Gasteiger partial charge on any atom is -0.465 e. The van der Waals surface area contributed by atoms with E-state index < -0.39 is 6.09 Å². The summed E-state index contributed by atoms with van der Waals surface area (Å²) in [6, 6.07) is -0.426. The number of amides is 3. The van der Waals surface area contributed by atoms with Crippen molar-refractivity contribution >= 4 is 35.5 Å². The molecule has 2 aromatic rings. The molecule has 4 rings (SSSR count). The van der Waals surface area contributed by atoms with Gasteiger partial charge in [-0.2, -0.15) is 5.10 Å². The molecule has 2 aliphatic rings. The molecule has 4 heterocycles. The molecule has 1 unspecified atom stereocenters. The van der Waals surface area contributed by atoms with Gasteiger partial charge in [0.2, 0.25) is 0 Å². The number of carbonyl (C=O) groups is 2. The summed E-state index contributed by atoms with van der Waals surface area (Å²) < 4.78 is 1.54. The van der Waals surface area contributed by atoms with Crippen LogP contribution in [0.15, 0.2) is 17.6 Å². The van der Waals surface area contributed by atoms with Gasteiger partial charge < -0.3 is 10.0 Å². The fourth-order valence-corrected chi connectivity index (χ4v) is 4.03. The molecule has 1 N–H and O–H groups in total. The summed E-state index contributed by atoms with van der Waals surface area (Å²) in [5.41, 5.74) is 1.60. The van der Waals surface area contributed by atoms with Gasteiger partial charge in [-0.1, -0.05) is 11.8 Å². The van der Waals surface area contributed by atoms with Crippen molar-refractivity contribution in [1.29, 1.82) is 0 Å². The number of nitrogens with zero attached hydrogens (tertiary/aromatic N) is 7. The first kappa shape index (κ1) is 17.6. The van der Waals surface area contributed by atoms with E-state index in [2.05, 4.69) is 15.1 Å². The summed E-state index contributed by atoms with van der Waals surface area (Å²) in [6.45, 7) is 0.675. The molecule has 0 bridgehead atoms. The summed E-state index contributed by atoms with van der Waals surface area (Å²) in [7, 11) is 3.40. The number of aryl methyl sites for hydroxylation is 1. The molecule has 2 aliphatic heterocycles. The third-order valence-electron chi connectivity index (χ3n) is 4.98. The monoisotopic (exact) mass is 389 g/mol. The molecule has 0 spiro atoms. The summed E-state index contributed by atoms with van der Waals surface area (Å²) >= 11 is 1.42. The first-order chi connectivity index (χ1) is 12.9. The molecule has 3 amide bonds. The molecule has 0 aromatic carbocycles. The lowest BCUT2D eigenvalue weighted by atomic mass is 9.99. The van der Waals surface area contributed by atoms with Crippen molar-refractivity contribution in [3.63, 3.8) is 0 Å². The lowest BCUT2D eigenvalue weighted by molar-refractivity contribution is 0.166. The van der Waals surface area contributed by atoms with E-state index in [1.807, 2.05) is 6.26 Å². The normalized spacial score (nSPS) is 19.1. The van der Waals surface area contributed by atoms with Crippen molar-refractivity contribution in [2.45, 2.75) is 24.2 Å². The van der Waals surface area contributed by atoms with Crippen LogP contribution in [0.2, 0.25) is 0 Å². The van der Waals surface area contributed by atoms with Gasteiger partial charge in [0, 0.05) is 38.0 Å². The second-order valence-electron chi connectivity index (χ2n) is 6.46. The van der Waals surface area contributed by atoms with Crippen LogP contribution in [0.3, 0.4) is 0 Å². The highest BCUT2D eigenvalue weighted by molar-refractivity contribution is 7.98. The largest absolute Gasteiger partial charge is 0.465 e. The standard InChI is InChI=1S/C16H19N7O3S/c1-20-12-9(6-17-14(19-12)27-3)8-23(15(20)24)11-4-5-22(16(25)26)13-10(11)7-18-21(13)2/h6-7,11H,4-5,8H2,1-3H3,(H,25,26). The number of carbonyl (C=O) groups excluding carboxylic acids is 1. The minimum absolute atomic E-state index is 0.170. The Kier molecular flexibility index (Phi) is 4.17. The van der Waals surface area contributed by atoms with E-state index in [9.17, 15) is 14.7 Å². The second kappa shape index (κ2) is 6.41. The van der Waals surface area contributed by atoms with Crippen molar-refractivity contribution in [1.82, 2.24) is 24.6 Å². The second-order valence-corrected chi connectivity index (χ2v) is 7.23. The Hall–Kier alpha value is -2.82. The fraction of sp³-hybridized carbons (Fsp3) is 0.438. The molecular weight excluding hydrogens is 370 g/mol. The zero-order chi connectivity index (χ0) is 19.3. The number of fused-ring (bicyclic) bond motifs is 2. The molecule has 0 aliphatic carbocycles.